The molecule has 2 aromatic heterocycles. The summed E-state index contributed by atoms with van der Waals surface area (Å²) in [6, 6.07) is 5.63. The van der Waals surface area contributed by atoms with Crippen molar-refractivity contribution in [3.05, 3.63) is 41.9 Å². The van der Waals surface area contributed by atoms with Crippen molar-refractivity contribution < 1.29 is 0 Å². The van der Waals surface area contributed by atoms with Gasteiger partial charge in [-0.2, -0.15) is 0 Å². The van der Waals surface area contributed by atoms with E-state index < -0.39 is 0 Å². The van der Waals surface area contributed by atoms with Crippen LogP contribution in [0.3, 0.4) is 0 Å². The number of aromatic nitrogens is 3. The van der Waals surface area contributed by atoms with Gasteiger partial charge in [-0.1, -0.05) is 17.7 Å². The van der Waals surface area contributed by atoms with Crippen molar-refractivity contribution in [2.24, 2.45) is 0 Å². The van der Waals surface area contributed by atoms with Crippen molar-refractivity contribution in [2.75, 3.05) is 0 Å². The molecule has 64 valence electrons. The molecule has 0 fully saturated rings. The fraction of sp³-hybridized carbons (Fsp3) is 0. The van der Waals surface area contributed by atoms with Crippen LogP contribution >= 0.6 is 11.6 Å². The lowest BCUT2D eigenvalue weighted by atomic mass is 10.3. The lowest BCUT2D eigenvalue weighted by molar-refractivity contribution is 1.18. The van der Waals surface area contributed by atoms with E-state index in [2.05, 4.69) is 15.0 Å². The van der Waals surface area contributed by atoms with Gasteiger partial charge in [-0.15, -0.1) is 0 Å². The van der Waals surface area contributed by atoms with Crippen LogP contribution in [0.1, 0.15) is 0 Å². The first-order valence-electron chi connectivity index (χ1n) is 3.75. The van der Waals surface area contributed by atoms with Gasteiger partial charge in [0.25, 0.3) is 0 Å². The molecule has 0 aliphatic rings. The molecule has 3 nitrogen and oxygen atoms in total. The highest BCUT2D eigenvalue weighted by Crippen LogP contribution is 2.12. The zero-order chi connectivity index (χ0) is 9.10. The van der Waals surface area contributed by atoms with Gasteiger partial charge in [0.15, 0.2) is 0 Å². The largest absolute Gasteiger partial charge is 0.255 e. The molecule has 2 heterocycles. The number of rotatable bonds is 1. The minimum Gasteiger partial charge on any atom is -0.255 e. The normalized spacial score (nSPS) is 9.92. The van der Waals surface area contributed by atoms with Gasteiger partial charge in [-0.3, -0.25) is 4.98 Å². The minimum absolute atomic E-state index is 0.389. The van der Waals surface area contributed by atoms with Crippen molar-refractivity contribution >= 4 is 11.6 Å². The van der Waals surface area contributed by atoms with E-state index >= 15 is 0 Å². The Morgan fingerprint density at radius 1 is 0.923 bits per heavy atom. The van der Waals surface area contributed by atoms with E-state index in [0.29, 0.717) is 5.15 Å². The number of hydrogen-bond acceptors (Lipinski definition) is 3. The van der Waals surface area contributed by atoms with E-state index in [1.807, 2.05) is 18.2 Å². The predicted molar refractivity (Wildman–Crippen MR) is 50.3 cm³/mol. The van der Waals surface area contributed by atoms with Crippen molar-refractivity contribution in [3.63, 3.8) is 0 Å². The maximum atomic E-state index is 5.61. The highest BCUT2D eigenvalue weighted by Gasteiger charge is 1.98. The van der Waals surface area contributed by atoms with E-state index in [0.717, 1.165) is 11.4 Å². The van der Waals surface area contributed by atoms with Crippen LogP contribution in [0.15, 0.2) is 36.8 Å². The Morgan fingerprint density at radius 3 is 2.46 bits per heavy atom. The first-order chi connectivity index (χ1) is 6.36. The third kappa shape index (κ3) is 1.81. The monoisotopic (exact) mass is 191 g/mol. The lowest BCUT2D eigenvalue weighted by Gasteiger charge is -1.97. The Hall–Kier alpha value is -1.48. The summed E-state index contributed by atoms with van der Waals surface area (Å²) in [5, 5.41) is 0.389. The van der Waals surface area contributed by atoms with Crippen LogP contribution in [0.2, 0.25) is 5.15 Å². The SMILES string of the molecule is Clc1cnc(-c2ccccn2)cn1. The Labute approximate surface area is 80.5 Å². The third-order valence-corrected chi connectivity index (χ3v) is 1.74. The lowest BCUT2D eigenvalue weighted by Crippen LogP contribution is -1.87. The molecule has 0 saturated carbocycles. The summed E-state index contributed by atoms with van der Waals surface area (Å²) in [6.45, 7) is 0. The van der Waals surface area contributed by atoms with Crippen molar-refractivity contribution in [1.29, 1.82) is 0 Å². The molecule has 0 amide bonds. The molecule has 0 radical (unpaired) electrons. The Balaban J connectivity index is 2.42. The van der Waals surface area contributed by atoms with Crippen LogP contribution in [0.5, 0.6) is 0 Å². The fourth-order valence-electron chi connectivity index (χ4n) is 0.959. The molecule has 0 saturated heterocycles. The topological polar surface area (TPSA) is 38.7 Å². The maximum absolute atomic E-state index is 5.61. The zero-order valence-electron chi connectivity index (χ0n) is 6.68. The fourth-order valence-corrected chi connectivity index (χ4v) is 1.06. The molecular weight excluding hydrogens is 186 g/mol. The number of pyridine rings is 1. The smallest absolute Gasteiger partial charge is 0.147 e. The molecule has 0 unspecified atom stereocenters. The highest BCUT2D eigenvalue weighted by molar-refractivity contribution is 6.29. The first kappa shape index (κ1) is 8.13. The van der Waals surface area contributed by atoms with Crippen LogP contribution in [-0.2, 0) is 0 Å². The molecule has 0 bridgehead atoms. The third-order valence-electron chi connectivity index (χ3n) is 1.55. The van der Waals surface area contributed by atoms with Gasteiger partial charge in [0, 0.05) is 6.20 Å². The van der Waals surface area contributed by atoms with E-state index in [4.69, 9.17) is 11.6 Å². The number of halogens is 1. The maximum Gasteiger partial charge on any atom is 0.147 e. The van der Waals surface area contributed by atoms with Crippen LogP contribution in [0, 0.1) is 0 Å². The quantitative estimate of drug-likeness (QED) is 0.694. The van der Waals surface area contributed by atoms with Crippen molar-refractivity contribution in [3.8, 4) is 11.4 Å². The number of hydrogen-bond donors (Lipinski definition) is 0. The summed E-state index contributed by atoms with van der Waals surface area (Å²) in [5.41, 5.74) is 1.52. The molecule has 0 aromatic carbocycles. The Morgan fingerprint density at radius 2 is 1.85 bits per heavy atom. The summed E-state index contributed by atoms with van der Waals surface area (Å²) < 4.78 is 0. The molecule has 13 heavy (non-hydrogen) atoms. The summed E-state index contributed by atoms with van der Waals surface area (Å²) >= 11 is 5.61. The molecular formula is C9H6ClN3. The standard InChI is InChI=1S/C9H6ClN3/c10-9-6-12-8(5-13-9)7-3-1-2-4-11-7/h1-6H. The van der Waals surface area contributed by atoms with Crippen LogP contribution in [0.25, 0.3) is 11.4 Å². The molecule has 2 rings (SSSR count). The van der Waals surface area contributed by atoms with Crippen LogP contribution in [-0.4, -0.2) is 15.0 Å². The van der Waals surface area contributed by atoms with Gasteiger partial charge in [-0.25, -0.2) is 9.97 Å². The van der Waals surface area contributed by atoms with Gasteiger partial charge in [-0.05, 0) is 12.1 Å². The Bertz CT molecular complexity index is 385. The van der Waals surface area contributed by atoms with E-state index in [-0.39, 0.29) is 0 Å². The van der Waals surface area contributed by atoms with Gasteiger partial charge in [0.2, 0.25) is 0 Å². The Kier molecular flexibility index (Phi) is 2.19. The van der Waals surface area contributed by atoms with Crippen LogP contribution < -0.4 is 0 Å². The van der Waals surface area contributed by atoms with Gasteiger partial charge in [0.1, 0.15) is 10.8 Å². The zero-order valence-corrected chi connectivity index (χ0v) is 7.44. The van der Waals surface area contributed by atoms with Gasteiger partial charge >= 0.3 is 0 Å². The first-order valence-corrected chi connectivity index (χ1v) is 4.13. The highest BCUT2D eigenvalue weighted by atomic mass is 35.5. The molecule has 0 aliphatic heterocycles. The van der Waals surface area contributed by atoms with E-state index in [1.165, 1.54) is 6.20 Å². The minimum atomic E-state index is 0.389. The molecule has 4 heteroatoms. The molecule has 0 aliphatic carbocycles. The molecule has 0 spiro atoms. The van der Waals surface area contributed by atoms with Crippen molar-refractivity contribution in [2.45, 2.75) is 0 Å². The summed E-state index contributed by atoms with van der Waals surface area (Å²) in [6.07, 6.45) is 4.82. The predicted octanol–water partition coefficient (Wildman–Crippen LogP) is 2.19. The number of nitrogens with zero attached hydrogens (tertiary/aromatic N) is 3. The van der Waals surface area contributed by atoms with E-state index in [1.54, 1.807) is 12.4 Å². The average molecular weight is 192 g/mol. The van der Waals surface area contributed by atoms with Gasteiger partial charge in [0.05, 0.1) is 18.1 Å². The second-order valence-corrected chi connectivity index (χ2v) is 2.83. The molecule has 2 aromatic rings. The van der Waals surface area contributed by atoms with E-state index in [9.17, 15) is 0 Å². The molecule has 0 N–H and O–H groups in total. The van der Waals surface area contributed by atoms with Gasteiger partial charge < -0.3 is 0 Å². The second-order valence-electron chi connectivity index (χ2n) is 2.44. The van der Waals surface area contributed by atoms with Crippen molar-refractivity contribution in [1.82, 2.24) is 15.0 Å². The summed E-state index contributed by atoms with van der Waals surface area (Å²) in [4.78, 5) is 12.1. The summed E-state index contributed by atoms with van der Waals surface area (Å²) in [5.74, 6) is 0. The average Bonchev–Trinajstić information content (AvgIpc) is 2.20. The summed E-state index contributed by atoms with van der Waals surface area (Å²) in [7, 11) is 0. The second kappa shape index (κ2) is 3.49. The van der Waals surface area contributed by atoms with Crippen LogP contribution in [0.4, 0.5) is 0 Å². The molecule has 0 atom stereocenters.